The van der Waals surface area contributed by atoms with Crippen LogP contribution < -0.4 is 10.5 Å². The molecule has 0 heterocycles. The molecule has 100 valence electrons. The third kappa shape index (κ3) is 3.54. The molecule has 1 aromatic rings. The predicted octanol–water partition coefficient (Wildman–Crippen LogP) is 1.15. The van der Waals surface area contributed by atoms with E-state index >= 15 is 0 Å². The normalized spacial score (nSPS) is 11.3. The van der Waals surface area contributed by atoms with Gasteiger partial charge in [-0.2, -0.15) is 4.39 Å². The molecule has 0 aliphatic heterocycles. The average molecular weight is 300 g/mol. The summed E-state index contributed by atoms with van der Waals surface area (Å²) < 4.78 is 53.2. The molecule has 0 spiro atoms. The summed E-state index contributed by atoms with van der Waals surface area (Å²) in [4.78, 5) is 9.42. The number of halogens is 3. The largest absolute Gasteiger partial charge is 0.490 e. The first-order chi connectivity index (χ1) is 8.23. The smallest absolute Gasteiger partial charge is 0.264 e. The Morgan fingerprint density at radius 3 is 2.44 bits per heavy atom. The van der Waals surface area contributed by atoms with Gasteiger partial charge in [0.1, 0.15) is 4.90 Å². The van der Waals surface area contributed by atoms with Crippen molar-refractivity contribution in [3.05, 3.63) is 23.8 Å². The molecule has 5 nitrogen and oxygen atoms in total. The van der Waals surface area contributed by atoms with Crippen molar-refractivity contribution in [1.82, 2.24) is 0 Å². The van der Waals surface area contributed by atoms with Crippen molar-refractivity contribution < 1.29 is 26.7 Å². The van der Waals surface area contributed by atoms with Gasteiger partial charge in [-0.25, -0.2) is 12.8 Å². The lowest BCUT2D eigenvalue weighted by Gasteiger charge is -2.08. The number of primary amides is 1. The summed E-state index contributed by atoms with van der Waals surface area (Å²) in [6.45, 7) is -0.251. The second-order valence-corrected chi connectivity index (χ2v) is 5.73. The van der Waals surface area contributed by atoms with Crippen LogP contribution in [0.4, 0.5) is 8.78 Å². The molecule has 0 unspecified atom stereocenters. The third-order valence-corrected chi connectivity index (χ3v) is 3.22. The number of amides is 1. The summed E-state index contributed by atoms with van der Waals surface area (Å²) in [5.41, 5.74) is 4.82. The van der Waals surface area contributed by atoms with Gasteiger partial charge in [0, 0.05) is 10.7 Å². The summed E-state index contributed by atoms with van der Waals surface area (Å²) in [5, 5.41) is 0. The monoisotopic (exact) mass is 299 g/mol. The average Bonchev–Trinajstić information content (AvgIpc) is 2.22. The molecule has 1 amide bonds. The van der Waals surface area contributed by atoms with Crippen LogP contribution in [0.5, 0.6) is 5.75 Å². The minimum absolute atomic E-state index is 0.184. The topological polar surface area (TPSA) is 86.5 Å². The molecule has 0 fully saturated rings. The van der Waals surface area contributed by atoms with Gasteiger partial charge in [-0.1, -0.05) is 0 Å². The first-order valence-corrected chi connectivity index (χ1v) is 6.88. The van der Waals surface area contributed by atoms with Gasteiger partial charge in [-0.3, -0.25) is 4.79 Å². The fourth-order valence-electron chi connectivity index (χ4n) is 1.08. The molecule has 18 heavy (non-hydrogen) atoms. The molecule has 2 N–H and O–H groups in total. The Morgan fingerprint density at radius 2 is 1.94 bits per heavy atom. The fraction of sp³-hybridized carbons (Fsp3) is 0.222. The highest BCUT2D eigenvalue weighted by molar-refractivity contribution is 8.13. The van der Waals surface area contributed by atoms with Gasteiger partial charge in [-0.05, 0) is 12.1 Å². The van der Waals surface area contributed by atoms with Crippen LogP contribution in [0.25, 0.3) is 0 Å². The number of hydrogen-bond donors (Lipinski definition) is 1. The molecule has 9 heteroatoms. The van der Waals surface area contributed by atoms with Crippen molar-refractivity contribution in [2.75, 3.05) is 6.61 Å². The van der Waals surface area contributed by atoms with Crippen LogP contribution in [0.2, 0.25) is 0 Å². The van der Waals surface area contributed by atoms with E-state index in [4.69, 9.17) is 21.2 Å². The molecule has 0 aliphatic rings. The second-order valence-electron chi connectivity index (χ2n) is 3.19. The van der Waals surface area contributed by atoms with Crippen LogP contribution in [0.3, 0.4) is 0 Å². The molecule has 0 bridgehead atoms. The summed E-state index contributed by atoms with van der Waals surface area (Å²) in [5.74, 6) is -4.34. The Kier molecular flexibility index (Phi) is 4.47. The molecular weight excluding hydrogens is 292 g/mol. The molecular formula is C9H8ClF2NO4S. The van der Waals surface area contributed by atoms with Crippen molar-refractivity contribution in [2.45, 2.75) is 11.3 Å². The van der Waals surface area contributed by atoms with E-state index in [1.165, 1.54) is 0 Å². The summed E-state index contributed by atoms with van der Waals surface area (Å²) in [6, 6.07) is 1.66. The van der Waals surface area contributed by atoms with Crippen LogP contribution in [0.15, 0.2) is 17.0 Å². The van der Waals surface area contributed by atoms with Gasteiger partial charge in [0.15, 0.2) is 11.6 Å². The lowest BCUT2D eigenvalue weighted by atomic mass is 10.3. The highest BCUT2D eigenvalue weighted by atomic mass is 35.7. The van der Waals surface area contributed by atoms with Crippen molar-refractivity contribution >= 4 is 25.6 Å². The quantitative estimate of drug-likeness (QED) is 0.826. The minimum Gasteiger partial charge on any atom is -0.490 e. The van der Waals surface area contributed by atoms with Crippen molar-refractivity contribution in [3.8, 4) is 5.75 Å². The van der Waals surface area contributed by atoms with E-state index in [0.29, 0.717) is 0 Å². The van der Waals surface area contributed by atoms with Gasteiger partial charge in [-0.15, -0.1) is 0 Å². The number of benzene rings is 1. The van der Waals surface area contributed by atoms with Crippen LogP contribution in [0.1, 0.15) is 6.42 Å². The highest BCUT2D eigenvalue weighted by Crippen LogP contribution is 2.27. The zero-order valence-electron chi connectivity index (χ0n) is 8.82. The summed E-state index contributed by atoms with van der Waals surface area (Å²) in [6.07, 6.45) is -0.184. The van der Waals surface area contributed by atoms with Crippen molar-refractivity contribution in [3.63, 3.8) is 0 Å². The van der Waals surface area contributed by atoms with Gasteiger partial charge in [0.05, 0.1) is 13.0 Å². The zero-order chi connectivity index (χ0) is 13.9. The van der Waals surface area contributed by atoms with Crippen LogP contribution in [0, 0.1) is 11.6 Å². The molecule has 0 saturated carbocycles. The maximum atomic E-state index is 13.4. The first-order valence-electron chi connectivity index (χ1n) is 4.57. The zero-order valence-corrected chi connectivity index (χ0v) is 10.4. The van der Waals surface area contributed by atoms with Crippen LogP contribution >= 0.6 is 10.7 Å². The first kappa shape index (κ1) is 14.7. The van der Waals surface area contributed by atoms with Gasteiger partial charge >= 0.3 is 0 Å². The van der Waals surface area contributed by atoms with E-state index < -0.39 is 37.2 Å². The second kappa shape index (κ2) is 5.49. The Morgan fingerprint density at radius 1 is 1.33 bits per heavy atom. The lowest BCUT2D eigenvalue weighted by molar-refractivity contribution is -0.118. The SMILES string of the molecule is NC(=O)CCOc1ccc(S(=O)(=O)Cl)c(F)c1F. The molecule has 1 aromatic carbocycles. The van der Waals surface area contributed by atoms with E-state index in [1.54, 1.807) is 0 Å². The maximum absolute atomic E-state index is 13.4. The number of carbonyl (C=O) groups is 1. The molecule has 0 aromatic heterocycles. The van der Waals surface area contributed by atoms with E-state index in [9.17, 15) is 22.0 Å². The predicted molar refractivity (Wildman–Crippen MR) is 58.7 cm³/mol. The number of carbonyl (C=O) groups excluding carboxylic acids is 1. The Labute approximate surface area is 106 Å². The summed E-state index contributed by atoms with van der Waals surface area (Å²) >= 11 is 0. The minimum atomic E-state index is -4.38. The van der Waals surface area contributed by atoms with E-state index in [0.717, 1.165) is 12.1 Å². The van der Waals surface area contributed by atoms with Gasteiger partial charge in [0.2, 0.25) is 11.7 Å². The number of hydrogen-bond acceptors (Lipinski definition) is 4. The van der Waals surface area contributed by atoms with E-state index in [2.05, 4.69) is 0 Å². The standard InChI is InChI=1S/C9H8ClF2NO4S/c10-18(15,16)6-2-1-5(8(11)9(6)12)17-4-3-7(13)14/h1-2H,3-4H2,(H2,13,14). The highest BCUT2D eigenvalue weighted by Gasteiger charge is 2.22. The summed E-state index contributed by atoms with van der Waals surface area (Å²) in [7, 11) is 0.518. The fourth-order valence-corrected chi connectivity index (χ4v) is 1.97. The van der Waals surface area contributed by atoms with Crippen LogP contribution in [-0.4, -0.2) is 20.9 Å². The Balaban J connectivity index is 2.98. The molecule has 1 rings (SSSR count). The number of rotatable bonds is 5. The van der Waals surface area contributed by atoms with Gasteiger partial charge in [0.25, 0.3) is 9.05 Å². The Bertz CT molecular complexity index is 576. The van der Waals surface area contributed by atoms with E-state index in [1.807, 2.05) is 0 Å². The molecule has 0 aliphatic carbocycles. The van der Waals surface area contributed by atoms with Gasteiger partial charge < -0.3 is 10.5 Å². The third-order valence-electron chi connectivity index (χ3n) is 1.88. The lowest BCUT2D eigenvalue weighted by Crippen LogP contribution is -2.15. The molecule has 0 radical (unpaired) electrons. The van der Waals surface area contributed by atoms with Crippen LogP contribution in [-0.2, 0) is 13.8 Å². The number of nitrogens with two attached hydrogens (primary N) is 1. The van der Waals surface area contributed by atoms with Crippen molar-refractivity contribution in [2.24, 2.45) is 5.73 Å². The molecule has 0 atom stereocenters. The van der Waals surface area contributed by atoms with Crippen molar-refractivity contribution in [1.29, 1.82) is 0 Å². The Hall–Kier alpha value is -1.41. The molecule has 0 saturated heterocycles. The maximum Gasteiger partial charge on any atom is 0.264 e. The number of ether oxygens (including phenoxy) is 1. The van der Waals surface area contributed by atoms with E-state index in [-0.39, 0.29) is 13.0 Å².